The first kappa shape index (κ1) is 23.2. The molecule has 2 aromatic rings. The molecule has 1 aromatic heterocycles. The fraction of sp³-hybridized carbons (Fsp3) is 0.615. The molecule has 3 aliphatic heterocycles. The molecule has 4 aliphatic rings. The normalized spacial score (nSPS) is 27.4. The lowest BCUT2D eigenvalue weighted by molar-refractivity contribution is -0.0138. The highest BCUT2D eigenvalue weighted by molar-refractivity contribution is 5.96. The van der Waals surface area contributed by atoms with Gasteiger partial charge in [0.1, 0.15) is 5.75 Å². The van der Waals surface area contributed by atoms with Crippen LogP contribution in [0.25, 0.3) is 10.9 Å². The van der Waals surface area contributed by atoms with Crippen LogP contribution < -0.4 is 10.1 Å². The van der Waals surface area contributed by atoms with Gasteiger partial charge >= 0.3 is 12.2 Å². The lowest BCUT2D eigenvalue weighted by Crippen LogP contribution is -2.56. The maximum absolute atomic E-state index is 13.6. The second kappa shape index (κ2) is 9.23. The maximum Gasteiger partial charge on any atom is 0.513 e. The van der Waals surface area contributed by atoms with Gasteiger partial charge in [0.25, 0.3) is 0 Å². The second-order valence-corrected chi connectivity index (χ2v) is 10.3. The Morgan fingerprint density at radius 1 is 1.24 bits per heavy atom. The minimum atomic E-state index is -0.739. The molecule has 6 rings (SSSR count). The number of fused-ring (bicyclic) bond motifs is 4. The largest absolute Gasteiger partial charge is 0.513 e. The summed E-state index contributed by atoms with van der Waals surface area (Å²) >= 11 is 0. The van der Waals surface area contributed by atoms with Crippen LogP contribution in [0.3, 0.4) is 0 Å². The van der Waals surface area contributed by atoms with Crippen LogP contribution in [0.2, 0.25) is 0 Å². The molecule has 1 aromatic carbocycles. The van der Waals surface area contributed by atoms with Crippen molar-refractivity contribution >= 4 is 23.1 Å². The number of carbonyl (C=O) groups is 2. The van der Waals surface area contributed by atoms with Gasteiger partial charge in [-0.2, -0.15) is 0 Å². The van der Waals surface area contributed by atoms with Crippen LogP contribution in [0.1, 0.15) is 43.4 Å². The van der Waals surface area contributed by atoms with Gasteiger partial charge in [-0.05, 0) is 69.0 Å². The number of nitrogens with one attached hydrogen (secondary N) is 1. The number of carbonyl (C=O) groups excluding carboxylic acids is 2. The van der Waals surface area contributed by atoms with E-state index in [9.17, 15) is 9.59 Å². The second-order valence-electron chi connectivity index (χ2n) is 10.3. The van der Waals surface area contributed by atoms with E-state index in [1.54, 1.807) is 6.07 Å². The van der Waals surface area contributed by atoms with Crippen molar-refractivity contribution in [3.05, 3.63) is 29.5 Å². The van der Waals surface area contributed by atoms with Crippen molar-refractivity contribution in [1.82, 2.24) is 19.7 Å². The van der Waals surface area contributed by atoms with Gasteiger partial charge in [-0.15, -0.1) is 0 Å². The molecular formula is C26H36N4O4. The number of amides is 1. The molecule has 0 radical (unpaired) electrons. The summed E-state index contributed by atoms with van der Waals surface area (Å²) in [5, 5.41) is 4.14. The van der Waals surface area contributed by atoms with Gasteiger partial charge in [0.15, 0.2) is 0 Å². The van der Waals surface area contributed by atoms with E-state index in [4.69, 9.17) is 4.74 Å². The Morgan fingerprint density at radius 3 is 2.79 bits per heavy atom. The van der Waals surface area contributed by atoms with Crippen molar-refractivity contribution in [2.45, 2.75) is 44.6 Å². The van der Waals surface area contributed by atoms with Gasteiger partial charge in [0.05, 0.1) is 12.6 Å². The van der Waals surface area contributed by atoms with Crippen LogP contribution in [-0.4, -0.2) is 80.0 Å². The number of ether oxygens (including phenoxy) is 2. The highest BCUT2D eigenvalue weighted by Gasteiger charge is 2.49. The van der Waals surface area contributed by atoms with Gasteiger partial charge in [-0.1, -0.05) is 13.3 Å². The Balaban J connectivity index is 1.62. The third-order valence-corrected chi connectivity index (χ3v) is 8.05. The molecule has 184 valence electrons. The number of hydrogen-bond acceptors (Lipinski definition) is 6. The van der Waals surface area contributed by atoms with E-state index in [2.05, 4.69) is 26.8 Å². The summed E-state index contributed by atoms with van der Waals surface area (Å²) in [5.41, 5.74) is 3.28. The highest BCUT2D eigenvalue weighted by atomic mass is 16.7. The van der Waals surface area contributed by atoms with E-state index in [1.807, 2.05) is 30.8 Å². The third kappa shape index (κ3) is 3.96. The van der Waals surface area contributed by atoms with Crippen molar-refractivity contribution < 1.29 is 19.1 Å². The number of rotatable bonds is 5. The van der Waals surface area contributed by atoms with Crippen molar-refractivity contribution in [3.63, 3.8) is 0 Å². The Kier molecular flexibility index (Phi) is 6.29. The molecule has 4 bridgehead atoms. The average Bonchev–Trinajstić information content (AvgIpc) is 3.09. The summed E-state index contributed by atoms with van der Waals surface area (Å²) in [6.45, 7) is 5.85. The molecule has 1 amide bonds. The standard InChI is InChI=1S/C26H36N4O4/c1-5-17-12-16-13-21-23(17)29(15-16)10-8-19-20-14-18(34-26(32)33-4)6-7-22(20)30(24(19)21)25(31)27-9-11-28(2)3/h6-7,14,16-17,21,23H,5,8-13,15H2,1-4H3,(H,27,31)/t16-,17+,21-,23+/m1/s1. The van der Waals surface area contributed by atoms with E-state index < -0.39 is 6.16 Å². The first-order chi connectivity index (χ1) is 16.4. The molecule has 8 heteroatoms. The summed E-state index contributed by atoms with van der Waals surface area (Å²) < 4.78 is 12.0. The van der Waals surface area contributed by atoms with Crippen LogP contribution in [-0.2, 0) is 11.2 Å². The summed E-state index contributed by atoms with van der Waals surface area (Å²) in [5.74, 6) is 2.14. The minimum Gasteiger partial charge on any atom is -0.437 e. The van der Waals surface area contributed by atoms with Gasteiger partial charge in [-0.25, -0.2) is 9.59 Å². The predicted molar refractivity (Wildman–Crippen MR) is 131 cm³/mol. The number of hydrogen-bond donors (Lipinski definition) is 1. The molecule has 8 nitrogen and oxygen atoms in total. The zero-order valence-corrected chi connectivity index (χ0v) is 20.7. The SMILES string of the molecule is CC[C@H]1C[C@@H]2C[C@H]3c4c(c5cc(OC(=O)OC)ccc5n4C(=O)NCCN(C)C)CCN(C2)[C@@H]13. The van der Waals surface area contributed by atoms with Crippen LogP contribution in [0.5, 0.6) is 5.75 Å². The Labute approximate surface area is 201 Å². The summed E-state index contributed by atoms with van der Waals surface area (Å²) in [6, 6.07) is 5.96. The lowest BCUT2D eigenvalue weighted by atomic mass is 9.65. The minimum absolute atomic E-state index is 0.0716. The first-order valence-electron chi connectivity index (χ1n) is 12.5. The number of methoxy groups -OCH3 is 1. The molecule has 34 heavy (non-hydrogen) atoms. The number of benzene rings is 1. The fourth-order valence-electron chi connectivity index (χ4n) is 6.72. The van der Waals surface area contributed by atoms with Gasteiger partial charge < -0.3 is 19.7 Å². The number of nitrogens with zero attached hydrogens (tertiary/aromatic N) is 3. The summed E-state index contributed by atoms with van der Waals surface area (Å²) in [6.07, 6.45) is 3.77. The zero-order valence-electron chi connectivity index (χ0n) is 20.7. The van der Waals surface area contributed by atoms with E-state index in [0.29, 0.717) is 36.1 Å². The van der Waals surface area contributed by atoms with Crippen LogP contribution in [0, 0.1) is 11.8 Å². The van der Waals surface area contributed by atoms with E-state index in [0.717, 1.165) is 36.8 Å². The molecule has 3 fully saturated rings. The smallest absolute Gasteiger partial charge is 0.437 e. The molecule has 4 heterocycles. The van der Waals surface area contributed by atoms with Gasteiger partial charge in [0, 0.05) is 49.2 Å². The van der Waals surface area contributed by atoms with Gasteiger partial charge in [0.2, 0.25) is 0 Å². The Bertz CT molecular complexity index is 1090. The topological polar surface area (TPSA) is 76.0 Å². The monoisotopic (exact) mass is 468 g/mol. The van der Waals surface area contributed by atoms with Gasteiger partial charge in [-0.3, -0.25) is 9.47 Å². The van der Waals surface area contributed by atoms with Crippen LogP contribution in [0.15, 0.2) is 18.2 Å². The number of likely N-dealkylation sites (N-methyl/N-ethyl adjacent to an activating group) is 1. The molecule has 1 unspecified atom stereocenters. The van der Waals surface area contributed by atoms with Crippen molar-refractivity contribution in [1.29, 1.82) is 0 Å². The molecule has 1 aliphatic carbocycles. The third-order valence-electron chi connectivity index (χ3n) is 8.05. The lowest BCUT2D eigenvalue weighted by Gasteiger charge is -2.53. The van der Waals surface area contributed by atoms with Crippen molar-refractivity contribution in [3.8, 4) is 5.75 Å². The molecule has 5 atom stereocenters. The first-order valence-corrected chi connectivity index (χ1v) is 12.5. The van der Waals surface area contributed by atoms with Crippen LogP contribution >= 0.6 is 0 Å². The predicted octanol–water partition coefficient (Wildman–Crippen LogP) is 3.67. The maximum atomic E-state index is 13.6. The van der Waals surface area contributed by atoms with E-state index in [1.165, 1.54) is 37.8 Å². The zero-order chi connectivity index (χ0) is 24.0. The quantitative estimate of drug-likeness (QED) is 0.533. The molecule has 2 saturated heterocycles. The molecule has 0 spiro atoms. The van der Waals surface area contributed by atoms with Crippen molar-refractivity contribution in [2.75, 3.05) is 47.4 Å². The Hall–Kier alpha value is -2.58. The summed E-state index contributed by atoms with van der Waals surface area (Å²) in [7, 11) is 5.31. The number of aromatic nitrogens is 1. The molecular weight excluding hydrogens is 432 g/mol. The van der Waals surface area contributed by atoms with E-state index in [-0.39, 0.29) is 6.03 Å². The van der Waals surface area contributed by atoms with Crippen molar-refractivity contribution in [2.24, 2.45) is 11.8 Å². The molecule has 1 saturated carbocycles. The average molecular weight is 469 g/mol. The highest BCUT2D eigenvalue weighted by Crippen LogP contribution is 2.52. The van der Waals surface area contributed by atoms with E-state index >= 15 is 0 Å². The molecule has 1 N–H and O–H groups in total. The Morgan fingerprint density at radius 2 is 2.06 bits per heavy atom. The fourth-order valence-corrected chi connectivity index (χ4v) is 6.72. The number of piperidine rings is 2. The summed E-state index contributed by atoms with van der Waals surface area (Å²) in [4.78, 5) is 30.1. The van der Waals surface area contributed by atoms with Crippen LogP contribution in [0.4, 0.5) is 9.59 Å².